The van der Waals surface area contributed by atoms with E-state index in [0.29, 0.717) is 34.7 Å². The van der Waals surface area contributed by atoms with Gasteiger partial charge in [-0.2, -0.15) is 0 Å². The number of nitrogens with zero attached hydrogens (tertiary/aromatic N) is 1. The molecule has 1 aliphatic carbocycles. The van der Waals surface area contributed by atoms with Crippen molar-refractivity contribution in [2.75, 3.05) is 0 Å². The molecule has 1 amide bonds. The minimum Gasteiger partial charge on any atom is -0.432 e. The minimum absolute atomic E-state index is 0.0216. The maximum atomic E-state index is 13.9. The summed E-state index contributed by atoms with van der Waals surface area (Å²) in [5, 5.41) is 11.3. The van der Waals surface area contributed by atoms with Crippen molar-refractivity contribution in [3.63, 3.8) is 0 Å². The fraction of sp³-hybridized carbons (Fsp3) is 0.214. The Morgan fingerprint density at radius 3 is 2.64 bits per heavy atom. The predicted molar refractivity (Wildman–Crippen MR) is 133 cm³/mol. The Balaban J connectivity index is 1.52. The van der Waals surface area contributed by atoms with Crippen LogP contribution in [0.4, 0.5) is 8.78 Å². The van der Waals surface area contributed by atoms with Crippen LogP contribution in [-0.4, -0.2) is 10.5 Å². The lowest BCUT2D eigenvalue weighted by Gasteiger charge is -2.20. The van der Waals surface area contributed by atoms with Crippen LogP contribution < -0.4 is 11.0 Å². The number of benzene rings is 3. The fourth-order valence-corrected chi connectivity index (χ4v) is 4.68. The zero-order valence-corrected chi connectivity index (χ0v) is 20.3. The van der Waals surface area contributed by atoms with E-state index in [2.05, 4.69) is 5.32 Å². The standard InChI is InChI=1S/C28H24ClF2N3O2/c1-16-10-19(4-7-25(16)31)26(18-2-3-18)33-27(35)21-12-17(15-34-8-9-36-28(34)32)11-20(13-21)23-6-5-22(30)14-24(23)29/h4-14,18,26,32H,2-3,15H2,1H3,(H,33,35). The van der Waals surface area contributed by atoms with Crippen LogP contribution in [0.2, 0.25) is 5.02 Å². The maximum absolute atomic E-state index is 13.9. The Kier molecular flexibility index (Phi) is 6.49. The number of aromatic nitrogens is 1. The van der Waals surface area contributed by atoms with Gasteiger partial charge in [0.25, 0.3) is 11.6 Å². The molecule has 5 nitrogen and oxygen atoms in total. The van der Waals surface area contributed by atoms with E-state index < -0.39 is 5.82 Å². The molecule has 0 bridgehead atoms. The molecular weight excluding hydrogens is 484 g/mol. The number of nitrogens with one attached hydrogen (secondary N) is 2. The molecule has 8 heteroatoms. The van der Waals surface area contributed by atoms with Crippen molar-refractivity contribution in [1.29, 1.82) is 5.41 Å². The van der Waals surface area contributed by atoms with Crippen molar-refractivity contribution >= 4 is 17.5 Å². The molecule has 1 aromatic heterocycles. The molecule has 36 heavy (non-hydrogen) atoms. The van der Waals surface area contributed by atoms with Gasteiger partial charge in [0.1, 0.15) is 17.9 Å². The van der Waals surface area contributed by atoms with E-state index in [1.165, 1.54) is 24.5 Å². The Bertz CT molecular complexity index is 1510. The molecule has 5 rings (SSSR count). The Hall–Kier alpha value is -3.71. The monoisotopic (exact) mass is 507 g/mol. The van der Waals surface area contributed by atoms with Crippen molar-refractivity contribution in [1.82, 2.24) is 9.88 Å². The zero-order valence-electron chi connectivity index (χ0n) is 19.5. The van der Waals surface area contributed by atoms with Gasteiger partial charge >= 0.3 is 0 Å². The summed E-state index contributed by atoms with van der Waals surface area (Å²) in [4.78, 5) is 13.5. The molecule has 0 saturated heterocycles. The fourth-order valence-electron chi connectivity index (χ4n) is 4.41. The Morgan fingerprint density at radius 1 is 1.17 bits per heavy atom. The number of hydrogen-bond donors (Lipinski definition) is 2. The number of aryl methyl sites for hydroxylation is 1. The van der Waals surface area contributed by atoms with Crippen LogP contribution in [0.3, 0.4) is 0 Å². The van der Waals surface area contributed by atoms with Gasteiger partial charge in [-0.15, -0.1) is 0 Å². The van der Waals surface area contributed by atoms with E-state index in [1.807, 2.05) is 6.07 Å². The summed E-state index contributed by atoms with van der Waals surface area (Å²) in [5.41, 5.74) is 3.78. The van der Waals surface area contributed by atoms with Gasteiger partial charge in [0.2, 0.25) is 0 Å². The molecule has 0 aliphatic heterocycles. The molecule has 0 spiro atoms. The van der Waals surface area contributed by atoms with Crippen molar-refractivity contribution < 1.29 is 18.0 Å². The van der Waals surface area contributed by atoms with Crippen LogP contribution in [-0.2, 0) is 6.54 Å². The highest BCUT2D eigenvalue weighted by atomic mass is 35.5. The molecule has 1 aliphatic rings. The lowest BCUT2D eigenvalue weighted by Crippen LogP contribution is -2.30. The van der Waals surface area contributed by atoms with E-state index in [9.17, 15) is 13.6 Å². The smallest absolute Gasteiger partial charge is 0.293 e. The molecule has 4 aromatic rings. The lowest BCUT2D eigenvalue weighted by atomic mass is 9.97. The normalized spacial score (nSPS) is 14.0. The molecule has 1 heterocycles. The highest BCUT2D eigenvalue weighted by Gasteiger charge is 2.34. The highest BCUT2D eigenvalue weighted by molar-refractivity contribution is 6.33. The second kappa shape index (κ2) is 9.74. The van der Waals surface area contributed by atoms with Crippen molar-refractivity contribution in [2.24, 2.45) is 5.92 Å². The number of oxazole rings is 1. The van der Waals surface area contributed by atoms with Gasteiger partial charge in [0, 0.05) is 17.3 Å². The van der Waals surface area contributed by atoms with Crippen LogP contribution in [0.1, 0.15) is 45.9 Å². The first-order chi connectivity index (χ1) is 17.3. The van der Waals surface area contributed by atoms with Crippen LogP contribution in [0.25, 0.3) is 11.1 Å². The van der Waals surface area contributed by atoms with Crippen molar-refractivity contribution in [2.45, 2.75) is 32.4 Å². The number of rotatable bonds is 7. The van der Waals surface area contributed by atoms with E-state index in [4.69, 9.17) is 21.4 Å². The van der Waals surface area contributed by atoms with E-state index in [1.54, 1.807) is 48.0 Å². The second-order valence-corrected chi connectivity index (χ2v) is 9.58. The lowest BCUT2D eigenvalue weighted by molar-refractivity contribution is 0.0931. The van der Waals surface area contributed by atoms with E-state index in [0.717, 1.165) is 24.0 Å². The largest absolute Gasteiger partial charge is 0.432 e. The first kappa shape index (κ1) is 24.0. The van der Waals surface area contributed by atoms with Crippen LogP contribution in [0.5, 0.6) is 0 Å². The average Bonchev–Trinajstić information content (AvgIpc) is 3.61. The minimum atomic E-state index is -0.451. The Labute approximate surface area is 211 Å². The summed E-state index contributed by atoms with van der Waals surface area (Å²) in [6, 6.07) is 14.2. The van der Waals surface area contributed by atoms with Gasteiger partial charge in [-0.25, -0.2) is 8.78 Å². The summed E-state index contributed by atoms with van der Waals surface area (Å²) in [5.74, 6) is -0.718. The van der Waals surface area contributed by atoms with Crippen LogP contribution in [0, 0.1) is 29.9 Å². The average molecular weight is 508 g/mol. The summed E-state index contributed by atoms with van der Waals surface area (Å²) >= 11 is 6.34. The van der Waals surface area contributed by atoms with Gasteiger partial charge in [0.15, 0.2) is 0 Å². The molecule has 184 valence electrons. The van der Waals surface area contributed by atoms with Crippen molar-refractivity contribution in [3.05, 3.63) is 112 Å². The number of carbonyl (C=O) groups excluding carboxylic acids is 1. The predicted octanol–water partition coefficient (Wildman–Crippen LogP) is 6.40. The van der Waals surface area contributed by atoms with Crippen LogP contribution in [0.15, 0.2) is 71.5 Å². The third-order valence-electron chi connectivity index (χ3n) is 6.45. The quantitative estimate of drug-likeness (QED) is 0.304. The summed E-state index contributed by atoms with van der Waals surface area (Å²) in [6.45, 7) is 2.01. The number of carbonyl (C=O) groups is 1. The van der Waals surface area contributed by atoms with Gasteiger partial charge in [-0.05, 0) is 90.4 Å². The third-order valence-corrected chi connectivity index (χ3v) is 6.77. The van der Waals surface area contributed by atoms with Gasteiger partial charge < -0.3 is 9.73 Å². The Morgan fingerprint density at radius 2 is 1.97 bits per heavy atom. The van der Waals surface area contributed by atoms with E-state index >= 15 is 0 Å². The first-order valence-corrected chi connectivity index (χ1v) is 12.0. The summed E-state index contributed by atoms with van der Waals surface area (Å²) in [7, 11) is 0. The molecular formula is C28H24ClF2N3O2. The molecule has 3 aromatic carbocycles. The first-order valence-electron chi connectivity index (χ1n) is 11.6. The topological polar surface area (TPSA) is 71.0 Å². The van der Waals surface area contributed by atoms with Gasteiger partial charge in [-0.1, -0.05) is 23.7 Å². The third kappa shape index (κ3) is 5.11. The highest BCUT2D eigenvalue weighted by Crippen LogP contribution is 2.41. The molecule has 1 atom stereocenters. The van der Waals surface area contributed by atoms with E-state index in [-0.39, 0.29) is 28.5 Å². The molecule has 1 saturated carbocycles. The van der Waals surface area contributed by atoms with Crippen LogP contribution >= 0.6 is 11.6 Å². The molecule has 2 N–H and O–H groups in total. The number of amides is 1. The number of hydrogen-bond acceptors (Lipinski definition) is 3. The zero-order chi connectivity index (χ0) is 25.4. The summed E-state index contributed by atoms with van der Waals surface area (Å²) < 4.78 is 34.2. The second-order valence-electron chi connectivity index (χ2n) is 9.18. The van der Waals surface area contributed by atoms with Gasteiger partial charge in [0.05, 0.1) is 17.6 Å². The summed E-state index contributed by atoms with van der Waals surface area (Å²) in [6.07, 6.45) is 5.03. The SMILES string of the molecule is Cc1cc(C(NC(=O)c2cc(Cn3ccoc3=N)cc(-c3ccc(F)cc3Cl)c2)C2CC2)ccc1F. The molecule has 1 fully saturated rings. The molecule has 1 unspecified atom stereocenters. The molecule has 0 radical (unpaired) electrons. The maximum Gasteiger partial charge on any atom is 0.293 e. The number of halogens is 3. The van der Waals surface area contributed by atoms with Crippen molar-refractivity contribution in [3.8, 4) is 11.1 Å². The van der Waals surface area contributed by atoms with Gasteiger partial charge in [-0.3, -0.25) is 14.8 Å².